The molecule has 0 fully saturated rings. The summed E-state index contributed by atoms with van der Waals surface area (Å²) in [6, 6.07) is 27.8. The maximum Gasteiger partial charge on any atom is 0.335 e. The van der Waals surface area contributed by atoms with Crippen molar-refractivity contribution in [3.63, 3.8) is 0 Å². The summed E-state index contributed by atoms with van der Waals surface area (Å²) in [5.74, 6) is -0.879. The average Bonchev–Trinajstić information content (AvgIpc) is 2.80. The number of hydrogen-bond donors (Lipinski definition) is 4. The SMILES string of the molecule is CC(O)CCC(C)O.O=C(O)c1ccccc1.OP(c1ccccc1)c1ccccc1. The van der Waals surface area contributed by atoms with E-state index in [1.807, 2.05) is 60.7 Å². The Hall–Kier alpha value is -2.56. The summed E-state index contributed by atoms with van der Waals surface area (Å²) in [6.45, 7) is 3.45. The van der Waals surface area contributed by atoms with Crippen molar-refractivity contribution in [1.29, 1.82) is 0 Å². The second kappa shape index (κ2) is 15.3. The predicted molar refractivity (Wildman–Crippen MR) is 127 cm³/mol. The molecule has 0 aliphatic carbocycles. The summed E-state index contributed by atoms with van der Waals surface area (Å²) < 4.78 is 0. The zero-order chi connectivity index (χ0) is 23.1. The van der Waals surface area contributed by atoms with Crippen LogP contribution in [0.15, 0.2) is 91.0 Å². The normalized spacial score (nSPS) is 11.9. The van der Waals surface area contributed by atoms with E-state index in [-0.39, 0.29) is 12.2 Å². The summed E-state index contributed by atoms with van der Waals surface area (Å²) in [5, 5.41) is 27.8. The van der Waals surface area contributed by atoms with Crippen LogP contribution in [0.2, 0.25) is 0 Å². The Morgan fingerprint density at radius 3 is 1.29 bits per heavy atom. The summed E-state index contributed by atoms with van der Waals surface area (Å²) >= 11 is 0. The highest BCUT2D eigenvalue weighted by molar-refractivity contribution is 7.67. The van der Waals surface area contributed by atoms with E-state index in [1.165, 1.54) is 0 Å². The maximum absolute atomic E-state index is 10.2. The minimum absolute atomic E-state index is 0.274. The Labute approximate surface area is 185 Å². The number of aliphatic hydroxyl groups excluding tert-OH is 2. The van der Waals surface area contributed by atoms with Crippen molar-refractivity contribution in [2.75, 3.05) is 0 Å². The number of carboxylic acids is 1. The molecule has 0 spiro atoms. The number of aromatic carboxylic acids is 1. The molecule has 0 saturated carbocycles. The first-order valence-corrected chi connectivity index (χ1v) is 11.3. The molecule has 5 nitrogen and oxygen atoms in total. The van der Waals surface area contributed by atoms with Crippen LogP contribution in [0.5, 0.6) is 0 Å². The Bertz CT molecular complexity index is 792. The number of benzene rings is 3. The van der Waals surface area contributed by atoms with Crippen molar-refractivity contribution >= 4 is 24.7 Å². The van der Waals surface area contributed by atoms with Crippen molar-refractivity contribution in [2.24, 2.45) is 0 Å². The number of rotatable bonds is 6. The predicted octanol–water partition coefficient (Wildman–Crippen LogP) is 3.94. The molecular weight excluding hydrogens is 411 g/mol. The van der Waals surface area contributed by atoms with Crippen molar-refractivity contribution in [1.82, 2.24) is 0 Å². The number of carbonyl (C=O) groups is 1. The molecule has 2 unspecified atom stereocenters. The van der Waals surface area contributed by atoms with Gasteiger partial charge in [0.2, 0.25) is 0 Å². The molecule has 0 saturated heterocycles. The molecular formula is C25H31O5P. The molecule has 0 aromatic heterocycles. The molecule has 0 heterocycles. The zero-order valence-corrected chi connectivity index (χ0v) is 18.8. The van der Waals surface area contributed by atoms with Gasteiger partial charge in [-0.3, -0.25) is 0 Å². The van der Waals surface area contributed by atoms with Gasteiger partial charge in [-0.25, -0.2) is 4.79 Å². The highest BCUT2D eigenvalue weighted by atomic mass is 31.1. The van der Waals surface area contributed by atoms with Gasteiger partial charge in [0.1, 0.15) is 0 Å². The van der Waals surface area contributed by atoms with Gasteiger partial charge in [-0.05, 0) is 38.8 Å². The van der Waals surface area contributed by atoms with Gasteiger partial charge in [0.15, 0.2) is 0 Å². The summed E-state index contributed by atoms with van der Waals surface area (Å²) in [5.41, 5.74) is 0.331. The average molecular weight is 442 g/mol. The van der Waals surface area contributed by atoms with Crippen LogP contribution in [-0.4, -0.2) is 38.4 Å². The number of carboxylic acid groups (broad SMARTS) is 1. The van der Waals surface area contributed by atoms with E-state index in [0.29, 0.717) is 18.4 Å². The van der Waals surface area contributed by atoms with Crippen LogP contribution in [-0.2, 0) is 0 Å². The standard InChI is InChI=1S/C12H11OP.C7H6O2.C6H14O2/c13-14(11-7-3-1-4-8-11)12-9-5-2-6-10-12;8-7(9)6-4-2-1-3-5-6;1-5(7)3-4-6(2)8/h1-10,13H;1-5H,(H,8,9);5-8H,3-4H2,1-2H3. The Balaban J connectivity index is 0.000000247. The molecule has 0 radical (unpaired) electrons. The van der Waals surface area contributed by atoms with Gasteiger partial charge in [0.25, 0.3) is 0 Å². The van der Waals surface area contributed by atoms with Crippen molar-refractivity contribution in [3.05, 3.63) is 96.6 Å². The maximum atomic E-state index is 10.2. The highest BCUT2D eigenvalue weighted by Crippen LogP contribution is 2.26. The molecule has 166 valence electrons. The zero-order valence-electron chi connectivity index (χ0n) is 17.9. The van der Waals surface area contributed by atoms with Gasteiger partial charge < -0.3 is 20.2 Å². The van der Waals surface area contributed by atoms with E-state index in [9.17, 15) is 9.69 Å². The molecule has 0 aliphatic rings. The Morgan fingerprint density at radius 2 is 1.03 bits per heavy atom. The second-order valence-corrected chi connectivity index (χ2v) is 8.59. The van der Waals surface area contributed by atoms with Crippen LogP contribution in [0.25, 0.3) is 0 Å². The second-order valence-electron chi connectivity index (χ2n) is 6.93. The number of aliphatic hydroxyl groups is 2. The first-order valence-electron chi connectivity index (χ1n) is 10.0. The topological polar surface area (TPSA) is 98.0 Å². The third kappa shape index (κ3) is 12.0. The monoisotopic (exact) mass is 442 g/mol. The third-order valence-corrected chi connectivity index (χ3v) is 5.60. The highest BCUT2D eigenvalue weighted by Gasteiger charge is 2.08. The molecule has 0 amide bonds. The fourth-order valence-electron chi connectivity index (χ4n) is 2.35. The van der Waals surface area contributed by atoms with Crippen LogP contribution < -0.4 is 10.6 Å². The molecule has 31 heavy (non-hydrogen) atoms. The van der Waals surface area contributed by atoms with Crippen LogP contribution in [0.4, 0.5) is 0 Å². The molecule has 0 bridgehead atoms. The van der Waals surface area contributed by atoms with E-state index in [4.69, 9.17) is 15.3 Å². The largest absolute Gasteiger partial charge is 0.478 e. The lowest BCUT2D eigenvalue weighted by Gasteiger charge is -2.09. The smallest absolute Gasteiger partial charge is 0.335 e. The van der Waals surface area contributed by atoms with Crippen LogP contribution >= 0.6 is 8.15 Å². The lowest BCUT2D eigenvalue weighted by molar-refractivity contribution is 0.0697. The van der Waals surface area contributed by atoms with Crippen molar-refractivity contribution < 1.29 is 25.0 Å². The third-order valence-electron chi connectivity index (χ3n) is 4.02. The quantitative estimate of drug-likeness (QED) is 0.434. The Morgan fingerprint density at radius 1 is 0.710 bits per heavy atom. The van der Waals surface area contributed by atoms with Crippen molar-refractivity contribution in [2.45, 2.75) is 38.9 Å². The molecule has 4 N–H and O–H groups in total. The van der Waals surface area contributed by atoms with Crippen LogP contribution in [0, 0.1) is 0 Å². The minimum atomic E-state index is -1.17. The lowest BCUT2D eigenvalue weighted by atomic mass is 10.1. The molecule has 6 heteroatoms. The Kier molecular flexibility index (Phi) is 13.0. The molecule has 2 atom stereocenters. The summed E-state index contributed by atoms with van der Waals surface area (Å²) in [4.78, 5) is 20.3. The van der Waals surface area contributed by atoms with Gasteiger partial charge in [0.05, 0.1) is 25.9 Å². The van der Waals surface area contributed by atoms with E-state index < -0.39 is 14.1 Å². The van der Waals surface area contributed by atoms with Gasteiger partial charge >= 0.3 is 5.97 Å². The molecule has 0 aliphatic heterocycles. The molecule has 3 aromatic rings. The molecule has 3 aromatic carbocycles. The molecule has 3 rings (SSSR count). The van der Waals surface area contributed by atoms with Crippen LogP contribution in [0.3, 0.4) is 0 Å². The lowest BCUT2D eigenvalue weighted by Crippen LogP contribution is -2.09. The van der Waals surface area contributed by atoms with E-state index >= 15 is 0 Å². The summed E-state index contributed by atoms with van der Waals surface area (Å²) in [7, 11) is -1.17. The van der Waals surface area contributed by atoms with E-state index in [1.54, 1.807) is 44.2 Å². The first kappa shape index (κ1) is 26.5. The van der Waals surface area contributed by atoms with Gasteiger partial charge in [0, 0.05) is 10.6 Å². The summed E-state index contributed by atoms with van der Waals surface area (Å²) in [6.07, 6.45) is 0.837. The fourth-order valence-corrected chi connectivity index (χ4v) is 3.56. The minimum Gasteiger partial charge on any atom is -0.478 e. The first-order chi connectivity index (χ1) is 14.8. The van der Waals surface area contributed by atoms with Gasteiger partial charge in [-0.2, -0.15) is 0 Å². The van der Waals surface area contributed by atoms with E-state index in [2.05, 4.69) is 0 Å². The van der Waals surface area contributed by atoms with Gasteiger partial charge in [-0.15, -0.1) is 0 Å². The number of hydrogen-bond acceptors (Lipinski definition) is 4. The van der Waals surface area contributed by atoms with Crippen molar-refractivity contribution in [3.8, 4) is 0 Å². The fraction of sp³-hybridized carbons (Fsp3) is 0.240. The van der Waals surface area contributed by atoms with Gasteiger partial charge in [-0.1, -0.05) is 78.9 Å². The van der Waals surface area contributed by atoms with E-state index in [0.717, 1.165) is 10.6 Å². The van der Waals surface area contributed by atoms with Crippen LogP contribution in [0.1, 0.15) is 37.0 Å².